The molecule has 2 heterocycles. The molecule has 20 nitrogen and oxygen atoms in total. The highest BCUT2D eigenvalue weighted by Crippen LogP contribution is 2.36. The Kier molecular flexibility index (Phi) is 8.03. The molecule has 3 aromatic carbocycles. The van der Waals surface area contributed by atoms with Gasteiger partial charge in [0.15, 0.2) is 0 Å². The van der Waals surface area contributed by atoms with Crippen LogP contribution in [0.15, 0.2) is 80.8 Å². The molecule has 28 heteroatoms. The number of hydrogen-bond acceptors (Lipinski definition) is 18. The lowest BCUT2D eigenvalue weighted by atomic mass is 10.3. The summed E-state index contributed by atoms with van der Waals surface area (Å²) < 4.78 is 209. The molecule has 48 heavy (non-hydrogen) atoms. The van der Waals surface area contributed by atoms with Crippen LogP contribution in [0.4, 0.5) is 0 Å². The van der Waals surface area contributed by atoms with Crippen molar-refractivity contribution in [3.05, 3.63) is 72.8 Å². The summed E-state index contributed by atoms with van der Waals surface area (Å²) in [4.78, 5) is 6.01. The van der Waals surface area contributed by atoms with Crippen molar-refractivity contribution >= 4 is 89.1 Å². The van der Waals surface area contributed by atoms with Crippen LogP contribution in [0.2, 0.25) is 0 Å². The summed E-state index contributed by atoms with van der Waals surface area (Å²) in [5.41, 5.74) is -1.09. The monoisotopic (exact) mass is 820 g/mol. The van der Waals surface area contributed by atoms with E-state index in [2.05, 4.69) is 22.1 Å². The highest BCUT2D eigenvalue weighted by molar-refractivity contribution is 9.16. The second-order valence-corrected chi connectivity index (χ2v) is 35.7. The van der Waals surface area contributed by atoms with E-state index >= 15 is 0 Å². The molecule has 0 saturated heterocycles. The summed E-state index contributed by atoms with van der Waals surface area (Å²) in [5.74, 6) is 0. The molecule has 0 aliphatic rings. The van der Waals surface area contributed by atoms with Gasteiger partial charge in [0.05, 0.1) is 22.1 Å². The normalized spacial score (nSPS) is 14.3. The Hall–Kier alpha value is -3.80. The van der Waals surface area contributed by atoms with E-state index in [1.54, 1.807) is 0 Å². The summed E-state index contributed by atoms with van der Waals surface area (Å²) >= 11 is 0. The minimum absolute atomic E-state index is 0.0240. The lowest BCUT2D eigenvalue weighted by Gasteiger charge is -2.12. The first kappa shape index (κ1) is 35.5. The zero-order chi connectivity index (χ0) is 35.9. The van der Waals surface area contributed by atoms with Crippen LogP contribution in [0.5, 0.6) is 0 Å². The van der Waals surface area contributed by atoms with Gasteiger partial charge in [0.25, 0.3) is 17.7 Å². The van der Waals surface area contributed by atoms with Crippen molar-refractivity contribution in [1.29, 1.82) is 0 Å². The van der Waals surface area contributed by atoms with Crippen LogP contribution in [0, 0.1) is 12.1 Å². The molecule has 2 aromatic heterocycles. The third-order valence-corrected chi connectivity index (χ3v) is 38.3. The second kappa shape index (κ2) is 10.9. The second-order valence-electron chi connectivity index (χ2n) is 8.84. The maximum atomic E-state index is 13.3. The number of rotatable bonds is 10. The van der Waals surface area contributed by atoms with Gasteiger partial charge in [-0.1, -0.05) is 36.4 Å². The van der Waals surface area contributed by atoms with E-state index in [-0.39, 0.29) is 34.2 Å². The smallest absolute Gasteiger partial charge is 0.328 e. The number of hydrogen-bond donors (Lipinski definition) is 2. The van der Waals surface area contributed by atoms with Crippen LogP contribution in [-0.4, -0.2) is 87.3 Å². The van der Waals surface area contributed by atoms with Crippen LogP contribution in [0.3, 0.4) is 0 Å². The molecule has 2 N–H and O–H groups in total. The van der Waals surface area contributed by atoms with Gasteiger partial charge in [-0.05, 0) is 24.3 Å². The van der Waals surface area contributed by atoms with E-state index in [1.807, 2.05) is 9.97 Å². The Morgan fingerprint density at radius 2 is 0.729 bits per heavy atom. The van der Waals surface area contributed by atoms with Crippen molar-refractivity contribution in [1.82, 2.24) is 19.9 Å². The zero-order valence-electron chi connectivity index (χ0n) is 22.5. The SMILES string of the molecule is O=S(=O)(c1nc2[c]cccc2[nH]1)S(=O)(=O)S(=O)(=O)S(=O)(=O)c1ccccc1S(=O)(=O)S(=O)(=O)S(=O)(=O)S(=O)(=O)c1nc2[c]cccc2[nH]1. The number of aromatic nitrogens is 4. The molecule has 0 fully saturated rings. The minimum atomic E-state index is -7.24. The molecular weight excluding hydrogens is 809 g/mol. The highest BCUT2D eigenvalue weighted by Gasteiger charge is 2.58. The Morgan fingerprint density at radius 1 is 0.417 bits per heavy atom. The molecule has 0 saturated carbocycles. The third-order valence-electron chi connectivity index (χ3n) is 6.01. The molecular formula is C20H12N4O16S8. The van der Waals surface area contributed by atoms with Crippen molar-refractivity contribution in [2.75, 3.05) is 0 Å². The fraction of sp³-hybridized carbons (Fsp3) is 0. The first-order valence-corrected chi connectivity index (χ1v) is 26.7. The average molecular weight is 821 g/mol. The Balaban J connectivity index is 1.66. The van der Waals surface area contributed by atoms with E-state index in [9.17, 15) is 67.3 Å². The first-order valence-electron chi connectivity index (χ1n) is 11.7. The number of benzene rings is 3. The molecule has 5 rings (SSSR count). The number of H-pyrrole nitrogens is 2. The van der Waals surface area contributed by atoms with E-state index < -0.39 is 87.2 Å². The van der Waals surface area contributed by atoms with Crippen LogP contribution in [0.25, 0.3) is 22.1 Å². The number of aromatic amines is 2. The Bertz CT molecular complexity index is 2830. The average Bonchev–Trinajstić information content (AvgIpc) is 3.66. The summed E-state index contributed by atoms with van der Waals surface area (Å²) in [6.07, 6.45) is 0. The molecule has 0 aliphatic heterocycles. The van der Waals surface area contributed by atoms with Gasteiger partial charge in [0, 0.05) is 12.1 Å². The van der Waals surface area contributed by atoms with Gasteiger partial charge in [0.2, 0.25) is 10.3 Å². The maximum Gasteiger partial charge on any atom is 0.379 e. The zero-order valence-corrected chi connectivity index (χ0v) is 29.0. The van der Waals surface area contributed by atoms with Crippen molar-refractivity contribution < 1.29 is 67.3 Å². The molecule has 0 amide bonds. The van der Waals surface area contributed by atoms with Crippen LogP contribution >= 0.6 is 0 Å². The molecule has 0 aliphatic carbocycles. The van der Waals surface area contributed by atoms with Gasteiger partial charge in [-0.2, -0.15) is 33.7 Å². The van der Waals surface area contributed by atoms with E-state index in [0.717, 1.165) is 12.1 Å². The molecule has 2 radical (unpaired) electrons. The number of nitrogens with zero attached hydrogens (tertiary/aromatic N) is 2. The van der Waals surface area contributed by atoms with Gasteiger partial charge < -0.3 is 9.97 Å². The number of nitrogens with one attached hydrogen (secondary N) is 2. The van der Waals surface area contributed by atoms with E-state index in [4.69, 9.17) is 0 Å². The molecule has 5 aromatic rings. The van der Waals surface area contributed by atoms with Gasteiger partial charge >= 0.3 is 49.3 Å². The van der Waals surface area contributed by atoms with Crippen molar-refractivity contribution in [2.24, 2.45) is 0 Å². The molecule has 0 unspecified atom stereocenters. The van der Waals surface area contributed by atoms with Crippen LogP contribution in [0.1, 0.15) is 0 Å². The van der Waals surface area contributed by atoms with Crippen molar-refractivity contribution in [2.45, 2.75) is 20.1 Å². The maximum absolute atomic E-state index is 13.3. The summed E-state index contributed by atoms with van der Waals surface area (Å²) in [5, 5.41) is -3.22. The summed E-state index contributed by atoms with van der Waals surface area (Å²) in [6.45, 7) is 0. The molecule has 0 spiro atoms. The Labute approximate surface area is 267 Å². The van der Waals surface area contributed by atoms with Gasteiger partial charge in [-0.25, -0.2) is 43.6 Å². The fourth-order valence-corrected chi connectivity index (χ4v) is 33.1. The van der Waals surface area contributed by atoms with Crippen molar-refractivity contribution in [3.63, 3.8) is 0 Å². The van der Waals surface area contributed by atoms with Gasteiger partial charge in [0.1, 0.15) is 9.79 Å². The molecule has 0 atom stereocenters. The topological polar surface area (TPSA) is 330 Å². The third kappa shape index (κ3) is 4.72. The lowest BCUT2D eigenvalue weighted by molar-refractivity contribution is 0.570. The van der Waals surface area contributed by atoms with E-state index in [0.29, 0.717) is 12.1 Å². The number of para-hydroxylation sites is 2. The predicted molar refractivity (Wildman–Crippen MR) is 161 cm³/mol. The van der Waals surface area contributed by atoms with Crippen LogP contribution < -0.4 is 0 Å². The van der Waals surface area contributed by atoms with Crippen molar-refractivity contribution in [3.8, 4) is 0 Å². The van der Waals surface area contributed by atoms with Gasteiger partial charge in [-0.15, -0.1) is 0 Å². The lowest BCUT2D eigenvalue weighted by Crippen LogP contribution is -2.34. The standard InChI is InChI=1S/C20H12N4O16S8/c25-41(26,45(33,34)47(37,38)43(29,30)19-21-13-7-1-2-8-14(13)22-19)17-11-5-6-12-18(17)42(27,28)46(35,36)48(39,40)44(31,32)20-23-15-9-3-4-10-16(15)24-20/h1-7,9,11-12H,(H,21,22)(H,23,24). The van der Waals surface area contributed by atoms with Gasteiger partial charge in [-0.3, -0.25) is 0 Å². The number of imidazole rings is 2. The highest BCUT2D eigenvalue weighted by atomic mass is 33.8. The van der Waals surface area contributed by atoms with Crippen LogP contribution in [-0.2, 0) is 67.1 Å². The minimum Gasteiger partial charge on any atom is -0.328 e. The quantitative estimate of drug-likeness (QED) is 0.154. The summed E-state index contributed by atoms with van der Waals surface area (Å²) in [6, 6.07) is 13.0. The van der Waals surface area contributed by atoms with E-state index in [1.165, 1.54) is 24.3 Å². The first-order chi connectivity index (χ1) is 21.9. The number of fused-ring (bicyclic) bond motifs is 2. The fourth-order valence-electron chi connectivity index (χ4n) is 3.68. The molecule has 0 bridgehead atoms. The largest absolute Gasteiger partial charge is 0.379 e. The Morgan fingerprint density at radius 3 is 1.04 bits per heavy atom. The predicted octanol–water partition coefficient (Wildman–Crippen LogP) is -1.32. The molecule has 256 valence electrons. The summed E-state index contributed by atoms with van der Waals surface area (Å²) in [7, 11) is -55.1.